The molecule has 0 radical (unpaired) electrons. The number of pyridine rings is 1. The Labute approximate surface area is 98.7 Å². The van der Waals surface area contributed by atoms with Gasteiger partial charge in [0.1, 0.15) is 0 Å². The molecule has 1 aromatic heterocycles. The Morgan fingerprint density at radius 2 is 2.19 bits per heavy atom. The second kappa shape index (κ2) is 4.33. The topological polar surface area (TPSA) is 50.2 Å². The minimum Gasteiger partial charge on any atom is -0.478 e. The van der Waals surface area contributed by atoms with E-state index in [0.29, 0.717) is 11.3 Å². The summed E-state index contributed by atoms with van der Waals surface area (Å²) in [4.78, 5) is 15.1. The Morgan fingerprint density at radius 3 is 2.88 bits per heavy atom. The summed E-state index contributed by atoms with van der Waals surface area (Å²) in [6, 6.07) is 8.14. The van der Waals surface area contributed by atoms with Gasteiger partial charge in [-0.25, -0.2) is 4.79 Å². The number of halogens is 1. The standard InChI is InChI=1S/C12H8ClNO2/c13-8-5-6-14-11(7-8)9-3-1-2-4-10(9)12(15)16/h1-7H,(H,15,16)/i5D. The fourth-order valence-corrected chi connectivity index (χ4v) is 1.55. The average molecular weight is 235 g/mol. The quantitative estimate of drug-likeness (QED) is 0.869. The minimum absolute atomic E-state index is 0.114. The first-order valence-corrected chi connectivity index (χ1v) is 4.92. The van der Waals surface area contributed by atoms with Gasteiger partial charge in [0.25, 0.3) is 0 Å². The number of carboxylic acids is 1. The van der Waals surface area contributed by atoms with Crippen LogP contribution in [0.1, 0.15) is 11.7 Å². The van der Waals surface area contributed by atoms with Crippen molar-refractivity contribution in [3.63, 3.8) is 0 Å². The molecule has 2 aromatic rings. The van der Waals surface area contributed by atoms with Gasteiger partial charge in [0.2, 0.25) is 0 Å². The van der Waals surface area contributed by atoms with Crippen LogP contribution in [-0.2, 0) is 0 Å². The third-order valence-electron chi connectivity index (χ3n) is 2.10. The number of carboxylic acid groups (broad SMARTS) is 1. The average Bonchev–Trinajstić information content (AvgIpc) is 2.32. The number of nitrogens with zero attached hydrogens (tertiary/aromatic N) is 1. The monoisotopic (exact) mass is 234 g/mol. The molecular weight excluding hydrogens is 226 g/mol. The predicted octanol–water partition coefficient (Wildman–Crippen LogP) is 3.10. The Bertz CT molecular complexity index is 586. The van der Waals surface area contributed by atoms with Crippen LogP contribution in [0.25, 0.3) is 11.3 Å². The van der Waals surface area contributed by atoms with Crippen LogP contribution in [0, 0.1) is 0 Å². The summed E-state index contributed by atoms with van der Waals surface area (Å²) in [5, 5.41) is 9.30. The van der Waals surface area contributed by atoms with Crippen molar-refractivity contribution >= 4 is 17.6 Å². The van der Waals surface area contributed by atoms with Crippen LogP contribution in [0.15, 0.2) is 42.6 Å². The van der Waals surface area contributed by atoms with Crippen LogP contribution in [-0.4, -0.2) is 16.1 Å². The fourth-order valence-electron chi connectivity index (χ4n) is 1.40. The van der Waals surface area contributed by atoms with Crippen molar-refractivity contribution in [2.24, 2.45) is 0 Å². The second-order valence-corrected chi connectivity index (χ2v) is 3.54. The molecule has 80 valence electrons. The van der Waals surface area contributed by atoms with E-state index in [0.717, 1.165) is 0 Å². The molecule has 0 amide bonds. The maximum absolute atomic E-state index is 11.0. The van der Waals surface area contributed by atoms with Gasteiger partial charge in [-0.05, 0) is 18.2 Å². The smallest absolute Gasteiger partial charge is 0.336 e. The Hall–Kier alpha value is -1.87. The molecular formula is C12H8ClNO2. The first kappa shape index (κ1) is 9.36. The summed E-state index contributed by atoms with van der Waals surface area (Å²) < 4.78 is 7.41. The zero-order chi connectivity index (χ0) is 12.4. The number of hydrogen-bond acceptors (Lipinski definition) is 2. The SMILES string of the molecule is [2H]c1cnc(-c2ccccc2C(=O)O)cc1Cl. The van der Waals surface area contributed by atoms with Crippen LogP contribution in [0.4, 0.5) is 0 Å². The van der Waals surface area contributed by atoms with Gasteiger partial charge >= 0.3 is 5.97 Å². The summed E-state index contributed by atoms with van der Waals surface area (Å²) in [5.74, 6) is -1.02. The highest BCUT2D eigenvalue weighted by Gasteiger charge is 2.11. The lowest BCUT2D eigenvalue weighted by Gasteiger charge is -2.04. The highest BCUT2D eigenvalue weighted by atomic mass is 35.5. The van der Waals surface area contributed by atoms with Crippen molar-refractivity contribution in [1.29, 1.82) is 0 Å². The molecule has 1 heterocycles. The largest absolute Gasteiger partial charge is 0.478 e. The van der Waals surface area contributed by atoms with Crippen molar-refractivity contribution < 1.29 is 11.3 Å². The van der Waals surface area contributed by atoms with Gasteiger partial charge in [-0.15, -0.1) is 0 Å². The first-order chi connectivity index (χ1) is 8.09. The van der Waals surface area contributed by atoms with Crippen LogP contribution in [0.5, 0.6) is 0 Å². The van der Waals surface area contributed by atoms with Crippen molar-refractivity contribution in [3.8, 4) is 11.3 Å². The van der Waals surface area contributed by atoms with Crippen LogP contribution in [0.3, 0.4) is 0 Å². The molecule has 4 heteroatoms. The molecule has 0 saturated carbocycles. The van der Waals surface area contributed by atoms with E-state index >= 15 is 0 Å². The molecule has 0 aliphatic rings. The molecule has 0 atom stereocenters. The summed E-state index contributed by atoms with van der Waals surface area (Å²) in [7, 11) is 0. The van der Waals surface area contributed by atoms with E-state index in [2.05, 4.69) is 4.98 Å². The van der Waals surface area contributed by atoms with Gasteiger partial charge in [-0.1, -0.05) is 29.8 Å². The summed E-state index contributed by atoms with van der Waals surface area (Å²) in [6.45, 7) is 0. The fraction of sp³-hybridized carbons (Fsp3) is 0. The van der Waals surface area contributed by atoms with Gasteiger partial charge < -0.3 is 5.11 Å². The van der Waals surface area contributed by atoms with Crippen LogP contribution in [0.2, 0.25) is 5.02 Å². The molecule has 0 saturated heterocycles. The second-order valence-electron chi connectivity index (χ2n) is 3.13. The van der Waals surface area contributed by atoms with Gasteiger partial charge in [0.05, 0.1) is 12.6 Å². The lowest BCUT2D eigenvalue weighted by molar-refractivity contribution is 0.0697. The molecule has 0 fully saturated rings. The highest BCUT2D eigenvalue weighted by Crippen LogP contribution is 2.23. The Kier molecular flexibility index (Phi) is 2.53. The van der Waals surface area contributed by atoms with E-state index in [1.807, 2.05) is 0 Å². The van der Waals surface area contributed by atoms with Crippen LogP contribution >= 0.6 is 11.6 Å². The number of aromatic nitrogens is 1. The van der Waals surface area contributed by atoms with Gasteiger partial charge in [0, 0.05) is 16.8 Å². The minimum atomic E-state index is -1.02. The molecule has 3 nitrogen and oxygen atoms in total. The lowest BCUT2D eigenvalue weighted by atomic mass is 10.0. The van der Waals surface area contributed by atoms with E-state index in [1.165, 1.54) is 18.3 Å². The molecule has 2 rings (SSSR count). The van der Waals surface area contributed by atoms with Crippen molar-refractivity contribution in [2.75, 3.05) is 0 Å². The van der Waals surface area contributed by atoms with E-state index in [9.17, 15) is 4.79 Å². The highest BCUT2D eigenvalue weighted by molar-refractivity contribution is 6.30. The summed E-state index contributed by atoms with van der Waals surface area (Å²) in [6.07, 6.45) is 1.30. The Morgan fingerprint density at radius 1 is 1.44 bits per heavy atom. The number of carbonyl (C=O) groups is 1. The predicted molar refractivity (Wildman–Crippen MR) is 61.6 cm³/mol. The molecule has 1 aromatic carbocycles. The van der Waals surface area contributed by atoms with E-state index in [1.54, 1.807) is 18.2 Å². The summed E-state index contributed by atoms with van der Waals surface area (Å²) >= 11 is 5.82. The number of hydrogen-bond donors (Lipinski definition) is 1. The van der Waals surface area contributed by atoms with E-state index in [4.69, 9.17) is 18.1 Å². The normalized spacial score (nSPS) is 10.9. The summed E-state index contributed by atoms with van der Waals surface area (Å²) in [5.41, 5.74) is 1.10. The van der Waals surface area contributed by atoms with Gasteiger partial charge in [-0.2, -0.15) is 0 Å². The number of rotatable bonds is 2. The number of aromatic carboxylic acids is 1. The van der Waals surface area contributed by atoms with Gasteiger partial charge in [0.15, 0.2) is 0 Å². The molecule has 1 N–H and O–H groups in total. The first-order valence-electron chi connectivity index (χ1n) is 5.04. The van der Waals surface area contributed by atoms with Crippen molar-refractivity contribution in [3.05, 3.63) is 53.2 Å². The van der Waals surface area contributed by atoms with Gasteiger partial charge in [-0.3, -0.25) is 4.98 Å². The Balaban J connectivity index is 2.60. The zero-order valence-corrected chi connectivity index (χ0v) is 8.90. The van der Waals surface area contributed by atoms with Crippen molar-refractivity contribution in [1.82, 2.24) is 4.98 Å². The lowest BCUT2D eigenvalue weighted by Crippen LogP contribution is -1.99. The van der Waals surface area contributed by atoms with Crippen LogP contribution < -0.4 is 0 Å². The molecule has 0 spiro atoms. The third kappa shape index (κ3) is 2.04. The molecule has 0 aliphatic heterocycles. The zero-order valence-electron chi connectivity index (χ0n) is 9.14. The molecule has 0 bridgehead atoms. The van der Waals surface area contributed by atoms with E-state index in [-0.39, 0.29) is 16.6 Å². The molecule has 16 heavy (non-hydrogen) atoms. The van der Waals surface area contributed by atoms with E-state index < -0.39 is 5.97 Å². The maximum Gasteiger partial charge on any atom is 0.336 e. The number of benzene rings is 1. The van der Waals surface area contributed by atoms with Crippen molar-refractivity contribution in [2.45, 2.75) is 0 Å². The maximum atomic E-state index is 11.0. The molecule has 0 unspecified atom stereocenters. The third-order valence-corrected chi connectivity index (χ3v) is 2.32. The molecule has 0 aliphatic carbocycles.